The molecule has 5 atom stereocenters. The highest BCUT2D eigenvalue weighted by Gasteiger charge is 2.55. The van der Waals surface area contributed by atoms with E-state index in [9.17, 15) is 8.78 Å². The Morgan fingerprint density at radius 3 is 2.86 bits per heavy atom. The van der Waals surface area contributed by atoms with Gasteiger partial charge in [0.1, 0.15) is 41.7 Å². The molecule has 0 bridgehead atoms. The highest BCUT2D eigenvalue weighted by molar-refractivity contribution is 6.01. The van der Waals surface area contributed by atoms with Crippen LogP contribution in [0.1, 0.15) is 46.8 Å². The Hall–Kier alpha value is -4.04. The van der Waals surface area contributed by atoms with E-state index in [4.69, 9.17) is 13.9 Å². The molecule has 4 aliphatic rings. The van der Waals surface area contributed by atoms with E-state index in [2.05, 4.69) is 25.9 Å². The molecule has 4 fully saturated rings. The van der Waals surface area contributed by atoms with E-state index in [0.717, 1.165) is 19.3 Å². The Morgan fingerprint density at radius 2 is 2.00 bits per heavy atom. The normalized spacial score (nSPS) is 29.1. The van der Waals surface area contributed by atoms with Crippen LogP contribution in [0.25, 0.3) is 32.9 Å². The topological polar surface area (TPSA) is 67.3 Å². The number of aromatic nitrogens is 4. The lowest BCUT2D eigenvalue weighted by molar-refractivity contribution is 0.107. The lowest BCUT2D eigenvalue weighted by atomic mass is 9.95. The molecule has 7 nitrogen and oxygen atoms in total. The van der Waals surface area contributed by atoms with Crippen LogP contribution in [0.5, 0.6) is 6.01 Å². The van der Waals surface area contributed by atoms with Gasteiger partial charge in [-0.1, -0.05) is 12.3 Å². The molecule has 1 aliphatic carbocycles. The third-order valence-corrected chi connectivity index (χ3v) is 9.70. The van der Waals surface area contributed by atoms with Gasteiger partial charge in [0.25, 0.3) is 0 Å². The van der Waals surface area contributed by atoms with Crippen molar-refractivity contribution in [3.05, 3.63) is 47.9 Å². The van der Waals surface area contributed by atoms with Crippen LogP contribution >= 0.6 is 0 Å². The van der Waals surface area contributed by atoms with Crippen molar-refractivity contribution in [2.45, 2.75) is 62.4 Å². The number of nitrogens with zero attached hydrogens (tertiary/aromatic N) is 6. The Kier molecular flexibility index (Phi) is 5.90. The molecule has 0 spiro atoms. The molecule has 6 heterocycles. The Balaban J connectivity index is 1.31. The molecule has 0 radical (unpaired) electrons. The molecule has 226 valence electrons. The minimum absolute atomic E-state index is 0.0512. The summed E-state index contributed by atoms with van der Waals surface area (Å²) in [6, 6.07) is 1.79. The van der Waals surface area contributed by atoms with Gasteiger partial charge in [0, 0.05) is 60.4 Å². The number of halogens is 4. The summed E-state index contributed by atoms with van der Waals surface area (Å²) in [7, 11) is 0. The average molecular weight is 605 g/mol. The van der Waals surface area contributed by atoms with Crippen LogP contribution in [-0.4, -0.2) is 75.0 Å². The first kappa shape index (κ1) is 25.3. The SMILES string of the molecule is [2H]C([2H])(Oc1nc(N2CCCC[C@H]3[C@H](F)[C@H]32)c2cnc(-c3cncc4ccc(F)c(C#C)c34)c(F)c2n1)[C@@]12CCCN1C[C@H](F)C2. The van der Waals surface area contributed by atoms with Gasteiger partial charge in [-0.3, -0.25) is 14.9 Å². The first-order valence-corrected chi connectivity index (χ1v) is 15.0. The second kappa shape index (κ2) is 10.3. The van der Waals surface area contributed by atoms with Gasteiger partial charge in [0.15, 0.2) is 5.82 Å². The lowest BCUT2D eigenvalue weighted by Gasteiger charge is -2.31. The summed E-state index contributed by atoms with van der Waals surface area (Å²) in [5.41, 5.74) is -1.59. The maximum absolute atomic E-state index is 16.8. The van der Waals surface area contributed by atoms with Crippen LogP contribution in [0.15, 0.2) is 30.7 Å². The van der Waals surface area contributed by atoms with Crippen LogP contribution < -0.4 is 9.64 Å². The molecule has 4 aromatic rings. The van der Waals surface area contributed by atoms with E-state index < -0.39 is 48.1 Å². The number of fused-ring (bicyclic) bond motifs is 4. The molecule has 1 saturated carbocycles. The Morgan fingerprint density at radius 1 is 1.11 bits per heavy atom. The number of alkyl halides is 2. The summed E-state index contributed by atoms with van der Waals surface area (Å²) in [6.45, 7) is -1.35. The molecular weight excluding hydrogens is 572 g/mol. The number of benzene rings is 1. The summed E-state index contributed by atoms with van der Waals surface area (Å²) < 4.78 is 85.1. The van der Waals surface area contributed by atoms with E-state index in [1.54, 1.807) is 9.80 Å². The minimum atomic E-state index is -2.43. The number of rotatable bonds is 5. The molecule has 3 saturated heterocycles. The van der Waals surface area contributed by atoms with Gasteiger partial charge in [0.2, 0.25) is 0 Å². The predicted molar refractivity (Wildman–Crippen MR) is 158 cm³/mol. The number of ether oxygens (including phenoxy) is 1. The largest absolute Gasteiger partial charge is 0.461 e. The van der Waals surface area contributed by atoms with Gasteiger partial charge in [-0.15, -0.1) is 6.42 Å². The van der Waals surface area contributed by atoms with E-state index in [-0.39, 0.29) is 57.8 Å². The summed E-state index contributed by atoms with van der Waals surface area (Å²) >= 11 is 0. The van der Waals surface area contributed by atoms with Gasteiger partial charge in [0.05, 0.1) is 25.3 Å². The van der Waals surface area contributed by atoms with Crippen molar-refractivity contribution in [2.75, 3.05) is 31.1 Å². The van der Waals surface area contributed by atoms with E-state index in [1.807, 2.05) is 0 Å². The molecule has 3 aliphatic heterocycles. The zero-order valence-electron chi connectivity index (χ0n) is 25.7. The van der Waals surface area contributed by atoms with E-state index >= 15 is 8.78 Å². The minimum Gasteiger partial charge on any atom is -0.461 e. The summed E-state index contributed by atoms with van der Waals surface area (Å²) in [4.78, 5) is 21.1. The first-order valence-electron chi connectivity index (χ1n) is 16.0. The van der Waals surface area contributed by atoms with Crippen molar-refractivity contribution >= 4 is 27.5 Å². The van der Waals surface area contributed by atoms with Gasteiger partial charge in [-0.2, -0.15) is 9.97 Å². The van der Waals surface area contributed by atoms with Crippen molar-refractivity contribution < 1.29 is 25.0 Å². The van der Waals surface area contributed by atoms with Gasteiger partial charge in [-0.25, -0.2) is 17.6 Å². The van der Waals surface area contributed by atoms with Crippen molar-refractivity contribution in [3.8, 4) is 29.6 Å². The second-order valence-corrected chi connectivity index (χ2v) is 12.2. The van der Waals surface area contributed by atoms with Crippen LogP contribution in [0, 0.1) is 29.9 Å². The number of pyridine rings is 2. The molecule has 1 aromatic carbocycles. The van der Waals surface area contributed by atoms with Crippen molar-refractivity contribution in [1.29, 1.82) is 0 Å². The van der Waals surface area contributed by atoms with Crippen LogP contribution in [0.4, 0.5) is 23.4 Å². The number of hydrogen-bond donors (Lipinski definition) is 0. The maximum atomic E-state index is 16.8. The standard InChI is InChI=1S/C33H30F4N6O/c1-2-20-24(35)8-7-18-13-38-14-22(25(18)20)28-27(37)29-23(15-39-28)31(43-11-4-3-6-21-26(36)30(21)43)41-32(40-29)44-17-33-9-5-10-42(33)16-19(34)12-33/h1,7-8,13-15,19,21,26,30H,3-6,9-12,16-17H2/t19-,21+,26+,30+,33+/m1/s1/i17D2. The molecule has 44 heavy (non-hydrogen) atoms. The summed E-state index contributed by atoms with van der Waals surface area (Å²) in [5.74, 6) is 0.781. The summed E-state index contributed by atoms with van der Waals surface area (Å²) in [6.07, 6.45) is 10.9. The molecule has 11 heteroatoms. The fourth-order valence-corrected chi connectivity index (χ4v) is 7.55. The fourth-order valence-electron chi connectivity index (χ4n) is 7.55. The number of hydrogen-bond acceptors (Lipinski definition) is 7. The fraction of sp³-hybridized carbons (Fsp3) is 0.455. The first-order chi connectivity index (χ1) is 22.1. The van der Waals surface area contributed by atoms with Crippen molar-refractivity contribution in [3.63, 3.8) is 0 Å². The number of anilines is 1. The van der Waals surface area contributed by atoms with Crippen molar-refractivity contribution in [1.82, 2.24) is 24.8 Å². The third-order valence-electron chi connectivity index (χ3n) is 9.70. The highest BCUT2D eigenvalue weighted by atomic mass is 19.1. The molecule has 0 unspecified atom stereocenters. The highest BCUT2D eigenvalue weighted by Crippen LogP contribution is 2.48. The second-order valence-electron chi connectivity index (χ2n) is 12.2. The van der Waals surface area contributed by atoms with Gasteiger partial charge < -0.3 is 9.64 Å². The predicted octanol–water partition coefficient (Wildman–Crippen LogP) is 5.78. The van der Waals surface area contributed by atoms with Crippen LogP contribution in [0.3, 0.4) is 0 Å². The van der Waals surface area contributed by atoms with Gasteiger partial charge in [-0.05, 0) is 44.4 Å². The third kappa shape index (κ3) is 4.21. The molecule has 3 aromatic heterocycles. The van der Waals surface area contributed by atoms with E-state index in [1.165, 1.54) is 30.7 Å². The van der Waals surface area contributed by atoms with Crippen molar-refractivity contribution in [2.24, 2.45) is 5.92 Å². The smallest absolute Gasteiger partial charge is 0.319 e. The van der Waals surface area contributed by atoms with Crippen LogP contribution in [-0.2, 0) is 0 Å². The average Bonchev–Trinajstić information content (AvgIpc) is 3.39. The molecular formula is C33H30F4N6O. The van der Waals surface area contributed by atoms with Gasteiger partial charge >= 0.3 is 6.01 Å². The molecule has 8 rings (SSSR count). The monoisotopic (exact) mass is 604 g/mol. The zero-order valence-corrected chi connectivity index (χ0v) is 23.7. The number of terminal acetylenes is 1. The maximum Gasteiger partial charge on any atom is 0.319 e. The summed E-state index contributed by atoms with van der Waals surface area (Å²) in [5, 5.41) is 0.923. The Labute approximate surface area is 254 Å². The quantitative estimate of drug-likeness (QED) is 0.211. The Bertz CT molecular complexity index is 1940. The lowest BCUT2D eigenvalue weighted by Crippen LogP contribution is -2.43. The zero-order chi connectivity index (χ0) is 32.0. The molecule has 0 N–H and O–H groups in total. The van der Waals surface area contributed by atoms with Crippen LogP contribution in [0.2, 0.25) is 0 Å². The molecule has 0 amide bonds. The van der Waals surface area contributed by atoms with E-state index in [0.29, 0.717) is 31.3 Å².